The second kappa shape index (κ2) is 5.98. The lowest BCUT2D eigenvalue weighted by molar-refractivity contribution is 0.0531. The molecule has 2 rings (SSSR count). The fourth-order valence-electron chi connectivity index (χ4n) is 2.23. The van der Waals surface area contributed by atoms with Gasteiger partial charge in [-0.25, -0.2) is 27.9 Å². The van der Waals surface area contributed by atoms with Crippen LogP contribution in [0.4, 0.5) is 10.3 Å². The summed E-state index contributed by atoms with van der Waals surface area (Å²) in [4.78, 5) is 9.37. The molecule has 0 amide bonds. The summed E-state index contributed by atoms with van der Waals surface area (Å²) in [7, 11) is -3.68. The summed E-state index contributed by atoms with van der Waals surface area (Å²) in [6.45, 7) is 2.93. The predicted molar refractivity (Wildman–Crippen MR) is 71.1 cm³/mol. The molecule has 1 fully saturated rings. The molecule has 1 aromatic rings. The zero-order valence-corrected chi connectivity index (χ0v) is 11.9. The summed E-state index contributed by atoms with van der Waals surface area (Å²) in [5.74, 6) is -0.278. The van der Waals surface area contributed by atoms with E-state index in [4.69, 9.17) is 9.88 Å². The fraction of sp³-hybridized carbons (Fsp3) is 0.636. The highest BCUT2D eigenvalue weighted by atomic mass is 32.2. The molecule has 0 saturated carbocycles. The lowest BCUT2D eigenvalue weighted by atomic mass is 10.1. The Labute approximate surface area is 117 Å². The molecule has 0 radical (unpaired) electrons. The van der Waals surface area contributed by atoms with Gasteiger partial charge in [0.05, 0.1) is 23.7 Å². The van der Waals surface area contributed by atoms with E-state index >= 15 is 0 Å². The topological polar surface area (TPSA) is 98.4 Å². The predicted octanol–water partition coefficient (Wildman–Crippen LogP) is -0.112. The van der Waals surface area contributed by atoms with Gasteiger partial charge in [-0.3, -0.25) is 0 Å². The number of hydrogen-bond donors (Lipinski definition) is 1. The van der Waals surface area contributed by atoms with E-state index in [2.05, 4.69) is 9.97 Å². The molecule has 112 valence electrons. The van der Waals surface area contributed by atoms with Crippen LogP contribution in [0.5, 0.6) is 0 Å². The number of piperidine rings is 1. The van der Waals surface area contributed by atoms with Crippen molar-refractivity contribution in [1.29, 1.82) is 0 Å². The third-order valence-electron chi connectivity index (χ3n) is 3.13. The first-order valence-corrected chi connectivity index (χ1v) is 7.86. The van der Waals surface area contributed by atoms with Crippen LogP contribution in [0.1, 0.15) is 13.3 Å². The van der Waals surface area contributed by atoms with Crippen molar-refractivity contribution in [3.05, 3.63) is 18.2 Å². The van der Waals surface area contributed by atoms with E-state index in [-0.39, 0.29) is 18.6 Å². The Bertz CT molecular complexity index is 551. The minimum Gasteiger partial charge on any atom is -0.377 e. The number of halogens is 1. The summed E-state index contributed by atoms with van der Waals surface area (Å²) in [5, 5.41) is 4.47. The van der Waals surface area contributed by atoms with Crippen LogP contribution in [-0.2, 0) is 14.8 Å². The standard InChI is InChI=1S/C11H17FN4O3S/c1-2-19-9-3-10(20(13,17)18)7-16(6-9)11-14-4-8(12)5-15-11/h4-5,9-10H,2-3,6-7H2,1H3,(H2,13,17,18)/t9-,10-/m0/s1. The molecule has 2 heterocycles. The maximum absolute atomic E-state index is 12.8. The summed E-state index contributed by atoms with van der Waals surface area (Å²) in [6, 6.07) is 0. The number of hydrogen-bond acceptors (Lipinski definition) is 6. The molecule has 0 aromatic carbocycles. The minimum absolute atomic E-state index is 0.175. The quantitative estimate of drug-likeness (QED) is 0.833. The highest BCUT2D eigenvalue weighted by Gasteiger charge is 2.35. The molecule has 0 unspecified atom stereocenters. The molecule has 1 aliphatic rings. The third kappa shape index (κ3) is 3.62. The largest absolute Gasteiger partial charge is 0.377 e. The van der Waals surface area contributed by atoms with Crippen LogP contribution in [0.3, 0.4) is 0 Å². The van der Waals surface area contributed by atoms with Crippen molar-refractivity contribution >= 4 is 16.0 Å². The van der Waals surface area contributed by atoms with Crippen molar-refractivity contribution in [3.63, 3.8) is 0 Å². The Morgan fingerprint density at radius 3 is 2.65 bits per heavy atom. The number of ether oxygens (including phenoxy) is 1. The number of nitrogens with zero attached hydrogens (tertiary/aromatic N) is 3. The van der Waals surface area contributed by atoms with Gasteiger partial charge in [-0.1, -0.05) is 0 Å². The van der Waals surface area contributed by atoms with Crippen LogP contribution in [0, 0.1) is 5.82 Å². The second-order valence-corrected chi connectivity index (χ2v) is 6.48. The number of anilines is 1. The minimum atomic E-state index is -3.68. The molecule has 1 aromatic heterocycles. The van der Waals surface area contributed by atoms with Gasteiger partial charge in [0.15, 0.2) is 5.82 Å². The number of nitrogens with two attached hydrogens (primary N) is 1. The van der Waals surface area contributed by atoms with E-state index in [9.17, 15) is 12.8 Å². The van der Waals surface area contributed by atoms with E-state index < -0.39 is 21.1 Å². The van der Waals surface area contributed by atoms with Gasteiger partial charge in [-0.15, -0.1) is 0 Å². The molecule has 1 aliphatic heterocycles. The average Bonchev–Trinajstić information content (AvgIpc) is 2.38. The first kappa shape index (κ1) is 15.1. The van der Waals surface area contributed by atoms with Gasteiger partial charge in [0.25, 0.3) is 0 Å². The number of aromatic nitrogens is 2. The van der Waals surface area contributed by atoms with Gasteiger partial charge >= 0.3 is 0 Å². The van der Waals surface area contributed by atoms with Crippen LogP contribution in [-0.4, -0.2) is 49.4 Å². The molecular formula is C11H17FN4O3S. The Hall–Kier alpha value is -1.32. The summed E-state index contributed by atoms with van der Waals surface area (Å²) in [6.07, 6.45) is 2.15. The summed E-state index contributed by atoms with van der Waals surface area (Å²) >= 11 is 0. The van der Waals surface area contributed by atoms with Gasteiger partial charge in [-0.2, -0.15) is 0 Å². The van der Waals surface area contributed by atoms with E-state index in [1.807, 2.05) is 6.92 Å². The van der Waals surface area contributed by atoms with Crippen molar-refractivity contribution in [2.24, 2.45) is 5.14 Å². The molecule has 9 heteroatoms. The average molecular weight is 304 g/mol. The molecule has 20 heavy (non-hydrogen) atoms. The van der Waals surface area contributed by atoms with E-state index in [1.165, 1.54) is 0 Å². The molecule has 0 bridgehead atoms. The highest BCUT2D eigenvalue weighted by molar-refractivity contribution is 7.89. The molecule has 0 spiro atoms. The second-order valence-electron chi connectivity index (χ2n) is 4.63. The first-order valence-electron chi connectivity index (χ1n) is 6.26. The number of primary sulfonamides is 1. The summed E-state index contributed by atoms with van der Waals surface area (Å²) in [5.41, 5.74) is 0. The Balaban J connectivity index is 2.21. The Morgan fingerprint density at radius 1 is 1.45 bits per heavy atom. The zero-order chi connectivity index (χ0) is 14.8. The van der Waals surface area contributed by atoms with Gasteiger partial charge in [0.2, 0.25) is 16.0 Å². The lowest BCUT2D eigenvalue weighted by Crippen LogP contribution is -2.51. The van der Waals surface area contributed by atoms with Crippen molar-refractivity contribution in [2.45, 2.75) is 24.7 Å². The molecule has 0 aliphatic carbocycles. The van der Waals surface area contributed by atoms with E-state index in [0.29, 0.717) is 19.6 Å². The monoisotopic (exact) mass is 304 g/mol. The lowest BCUT2D eigenvalue weighted by Gasteiger charge is -2.36. The Kier molecular flexibility index (Phi) is 4.51. The third-order valence-corrected chi connectivity index (χ3v) is 4.40. The molecule has 7 nitrogen and oxygen atoms in total. The van der Waals surface area contributed by atoms with Crippen molar-refractivity contribution in [2.75, 3.05) is 24.6 Å². The van der Waals surface area contributed by atoms with Crippen LogP contribution >= 0.6 is 0 Å². The van der Waals surface area contributed by atoms with Gasteiger partial charge in [-0.05, 0) is 13.3 Å². The zero-order valence-electron chi connectivity index (χ0n) is 11.1. The van der Waals surface area contributed by atoms with Crippen molar-refractivity contribution in [3.8, 4) is 0 Å². The molecule has 2 N–H and O–H groups in total. The molecule has 1 saturated heterocycles. The highest BCUT2D eigenvalue weighted by Crippen LogP contribution is 2.21. The van der Waals surface area contributed by atoms with Gasteiger partial charge in [0.1, 0.15) is 0 Å². The van der Waals surface area contributed by atoms with Crippen LogP contribution in [0.2, 0.25) is 0 Å². The number of sulfonamides is 1. The van der Waals surface area contributed by atoms with Gasteiger partial charge in [0, 0.05) is 19.7 Å². The SMILES string of the molecule is CCO[C@H]1C[C@H](S(N)(=O)=O)CN(c2ncc(F)cn2)C1. The van der Waals surface area contributed by atoms with Crippen LogP contribution in [0.15, 0.2) is 12.4 Å². The first-order chi connectivity index (χ1) is 9.40. The fourth-order valence-corrected chi connectivity index (χ4v) is 3.11. The van der Waals surface area contributed by atoms with Gasteiger partial charge < -0.3 is 9.64 Å². The number of rotatable bonds is 4. The molecular weight excluding hydrogens is 287 g/mol. The smallest absolute Gasteiger partial charge is 0.225 e. The van der Waals surface area contributed by atoms with E-state index in [0.717, 1.165) is 12.4 Å². The summed E-state index contributed by atoms with van der Waals surface area (Å²) < 4.78 is 41.4. The maximum Gasteiger partial charge on any atom is 0.225 e. The normalized spacial score (nSPS) is 23.9. The maximum atomic E-state index is 12.8. The van der Waals surface area contributed by atoms with Crippen LogP contribution in [0.25, 0.3) is 0 Å². The molecule has 2 atom stereocenters. The van der Waals surface area contributed by atoms with Crippen LogP contribution < -0.4 is 10.0 Å². The van der Waals surface area contributed by atoms with Crippen molar-refractivity contribution in [1.82, 2.24) is 9.97 Å². The van der Waals surface area contributed by atoms with Crippen molar-refractivity contribution < 1.29 is 17.5 Å². The Morgan fingerprint density at radius 2 is 2.10 bits per heavy atom. The van der Waals surface area contributed by atoms with E-state index in [1.54, 1.807) is 4.90 Å².